The number of rotatable bonds is 3. The van der Waals surface area contributed by atoms with Crippen LogP contribution in [-0.4, -0.2) is 41.9 Å². The molecule has 1 aliphatic rings. The van der Waals surface area contributed by atoms with E-state index in [2.05, 4.69) is 20.0 Å². The van der Waals surface area contributed by atoms with Crippen molar-refractivity contribution in [2.24, 2.45) is 0 Å². The molecule has 0 bridgehead atoms. The Morgan fingerprint density at radius 1 is 1.38 bits per heavy atom. The Kier molecular flexibility index (Phi) is 3.10. The first-order valence-electron chi connectivity index (χ1n) is 7.21. The molecular weight excluding hydrogens is 286 g/mol. The first-order valence-corrected chi connectivity index (χ1v) is 8.03. The van der Waals surface area contributed by atoms with Crippen LogP contribution in [0.5, 0.6) is 0 Å². The Morgan fingerprint density at radius 3 is 3.14 bits per heavy atom. The van der Waals surface area contributed by atoms with Crippen LogP contribution in [0.1, 0.15) is 25.0 Å². The van der Waals surface area contributed by atoms with Gasteiger partial charge in [0.2, 0.25) is 10.1 Å². The summed E-state index contributed by atoms with van der Waals surface area (Å²) >= 11 is 1.66. The van der Waals surface area contributed by atoms with Crippen molar-refractivity contribution in [3.8, 4) is 0 Å². The van der Waals surface area contributed by atoms with Gasteiger partial charge in [0.25, 0.3) is 0 Å². The van der Waals surface area contributed by atoms with Gasteiger partial charge in [-0.15, -0.1) is 5.10 Å². The van der Waals surface area contributed by atoms with Gasteiger partial charge in [-0.05, 0) is 26.2 Å². The van der Waals surface area contributed by atoms with E-state index < -0.39 is 0 Å². The minimum atomic E-state index is 0.428. The summed E-state index contributed by atoms with van der Waals surface area (Å²) in [6, 6.07) is 0.428. The Hall–Kier alpha value is -1.96. The fourth-order valence-corrected chi connectivity index (χ4v) is 3.93. The zero-order chi connectivity index (χ0) is 14.2. The summed E-state index contributed by atoms with van der Waals surface area (Å²) in [7, 11) is 0. The molecule has 3 aromatic heterocycles. The molecule has 21 heavy (non-hydrogen) atoms. The van der Waals surface area contributed by atoms with Crippen molar-refractivity contribution in [1.82, 2.24) is 29.4 Å². The summed E-state index contributed by atoms with van der Waals surface area (Å²) in [6.07, 6.45) is 9.00. The molecule has 1 unspecified atom stereocenters. The third kappa shape index (κ3) is 2.39. The largest absolute Gasteiger partial charge is 0.342 e. The van der Waals surface area contributed by atoms with Gasteiger partial charge in [-0.2, -0.15) is 5.10 Å². The fraction of sp³-hybridized carbons (Fsp3) is 0.538. The minimum Gasteiger partial charge on any atom is -0.342 e. The van der Waals surface area contributed by atoms with Gasteiger partial charge >= 0.3 is 0 Å². The molecule has 0 N–H and O–H groups in total. The van der Waals surface area contributed by atoms with E-state index in [9.17, 15) is 0 Å². The number of aryl methyl sites for hydroxylation is 1. The van der Waals surface area contributed by atoms with Crippen molar-refractivity contribution in [1.29, 1.82) is 0 Å². The van der Waals surface area contributed by atoms with E-state index >= 15 is 0 Å². The molecular formula is C13H17N7S. The van der Waals surface area contributed by atoms with Gasteiger partial charge in [0.1, 0.15) is 12.7 Å². The van der Waals surface area contributed by atoms with Crippen molar-refractivity contribution in [2.45, 2.75) is 38.8 Å². The van der Waals surface area contributed by atoms with Crippen LogP contribution in [-0.2, 0) is 6.54 Å². The van der Waals surface area contributed by atoms with Crippen LogP contribution in [0.3, 0.4) is 0 Å². The van der Waals surface area contributed by atoms with Gasteiger partial charge in [0, 0.05) is 6.54 Å². The van der Waals surface area contributed by atoms with E-state index in [4.69, 9.17) is 5.10 Å². The lowest BCUT2D eigenvalue weighted by atomic mass is 10.0. The average Bonchev–Trinajstić information content (AvgIpc) is 3.15. The predicted molar refractivity (Wildman–Crippen MR) is 80.6 cm³/mol. The summed E-state index contributed by atoms with van der Waals surface area (Å²) in [5.41, 5.74) is 1.01. The topological polar surface area (TPSA) is 64.1 Å². The summed E-state index contributed by atoms with van der Waals surface area (Å²) in [5, 5.41) is 9.97. The number of anilines is 1. The molecule has 1 fully saturated rings. The van der Waals surface area contributed by atoms with E-state index in [1.165, 1.54) is 19.3 Å². The number of fused-ring (bicyclic) bond motifs is 1. The molecule has 110 valence electrons. The monoisotopic (exact) mass is 303 g/mol. The molecule has 7 nitrogen and oxygen atoms in total. The molecule has 8 heteroatoms. The lowest BCUT2D eigenvalue weighted by Crippen LogP contribution is -2.42. The van der Waals surface area contributed by atoms with E-state index in [0.717, 1.165) is 28.9 Å². The number of hydrogen-bond donors (Lipinski definition) is 0. The average molecular weight is 303 g/mol. The first-order chi connectivity index (χ1) is 10.3. The molecule has 1 atom stereocenters. The maximum Gasteiger partial charge on any atom is 0.214 e. The summed E-state index contributed by atoms with van der Waals surface area (Å²) < 4.78 is 3.79. The molecule has 0 saturated carbocycles. The van der Waals surface area contributed by atoms with Crippen molar-refractivity contribution in [3.63, 3.8) is 0 Å². The number of aromatic nitrogens is 6. The molecule has 0 aromatic carbocycles. The van der Waals surface area contributed by atoms with Crippen molar-refractivity contribution in [2.75, 3.05) is 11.4 Å². The van der Waals surface area contributed by atoms with Gasteiger partial charge in [-0.1, -0.05) is 11.3 Å². The third-order valence-corrected chi connectivity index (χ3v) is 4.85. The first kappa shape index (κ1) is 12.8. The minimum absolute atomic E-state index is 0.428. The van der Waals surface area contributed by atoms with Gasteiger partial charge in [0.05, 0.1) is 24.5 Å². The van der Waals surface area contributed by atoms with Gasteiger partial charge in [-0.3, -0.25) is 4.68 Å². The molecule has 4 rings (SSSR count). The maximum absolute atomic E-state index is 4.69. The lowest BCUT2D eigenvalue weighted by Gasteiger charge is -2.35. The molecule has 4 heterocycles. The maximum atomic E-state index is 4.69. The van der Waals surface area contributed by atoms with Crippen LogP contribution in [0.2, 0.25) is 0 Å². The Labute approximate surface area is 126 Å². The van der Waals surface area contributed by atoms with Gasteiger partial charge in [-0.25, -0.2) is 14.5 Å². The van der Waals surface area contributed by atoms with Crippen molar-refractivity contribution < 1.29 is 0 Å². The smallest absolute Gasteiger partial charge is 0.214 e. The second-order valence-electron chi connectivity index (χ2n) is 5.45. The predicted octanol–water partition coefficient (Wildman–Crippen LogP) is 1.75. The normalized spacial score (nSPS) is 19.5. The zero-order valence-corrected chi connectivity index (χ0v) is 12.7. The number of nitrogens with zero attached hydrogens (tertiary/aromatic N) is 7. The second kappa shape index (κ2) is 5.10. The number of imidazole rings is 1. The lowest BCUT2D eigenvalue weighted by molar-refractivity contribution is 0.397. The Balaban J connectivity index is 1.61. The third-order valence-electron chi connectivity index (χ3n) is 3.89. The van der Waals surface area contributed by atoms with Gasteiger partial charge in [0.15, 0.2) is 0 Å². The number of hydrogen-bond acceptors (Lipinski definition) is 6. The zero-order valence-electron chi connectivity index (χ0n) is 11.9. The van der Waals surface area contributed by atoms with E-state index in [0.29, 0.717) is 6.04 Å². The molecule has 1 aliphatic heterocycles. The number of piperidine rings is 1. The molecule has 0 spiro atoms. The highest BCUT2D eigenvalue weighted by Crippen LogP contribution is 2.29. The van der Waals surface area contributed by atoms with Gasteiger partial charge < -0.3 is 4.90 Å². The Bertz CT molecular complexity index is 697. The molecule has 3 aromatic rings. The van der Waals surface area contributed by atoms with Crippen molar-refractivity contribution in [3.05, 3.63) is 24.5 Å². The van der Waals surface area contributed by atoms with Crippen molar-refractivity contribution >= 4 is 21.4 Å². The molecule has 0 amide bonds. The fourth-order valence-electron chi connectivity index (χ4n) is 2.90. The highest BCUT2D eigenvalue weighted by Gasteiger charge is 2.26. The van der Waals surface area contributed by atoms with E-state index in [1.54, 1.807) is 24.0 Å². The molecule has 1 saturated heterocycles. The highest BCUT2D eigenvalue weighted by molar-refractivity contribution is 7.20. The molecule has 0 radical (unpaired) electrons. The molecule has 0 aliphatic carbocycles. The van der Waals surface area contributed by atoms with Crippen LogP contribution < -0.4 is 4.90 Å². The summed E-state index contributed by atoms with van der Waals surface area (Å²) in [4.78, 5) is 11.9. The van der Waals surface area contributed by atoms with Crippen LogP contribution in [0.15, 0.2) is 18.9 Å². The summed E-state index contributed by atoms with van der Waals surface area (Å²) in [5.74, 6) is 0. The van der Waals surface area contributed by atoms with E-state index in [-0.39, 0.29) is 0 Å². The van der Waals surface area contributed by atoms with Crippen LogP contribution in [0.25, 0.3) is 4.96 Å². The van der Waals surface area contributed by atoms with Crippen LogP contribution in [0.4, 0.5) is 5.13 Å². The Morgan fingerprint density at radius 2 is 2.33 bits per heavy atom. The van der Waals surface area contributed by atoms with Crippen LogP contribution >= 0.6 is 11.3 Å². The second-order valence-corrected chi connectivity index (χ2v) is 6.39. The standard InChI is InChI=1S/C13H17N7S/c1-10-6-20-12(16-10)21-13(17-20)19-5-3-2-4-11(19)7-18-9-14-8-15-18/h6,8-9,11H,2-5,7H2,1H3. The summed E-state index contributed by atoms with van der Waals surface area (Å²) in [6.45, 7) is 3.91. The van der Waals surface area contributed by atoms with Crippen LogP contribution in [0, 0.1) is 6.92 Å². The quantitative estimate of drug-likeness (QED) is 0.737. The SMILES string of the molecule is Cc1cn2nc(N3CCCCC3Cn3cncn3)sc2n1. The highest BCUT2D eigenvalue weighted by atomic mass is 32.1. The van der Waals surface area contributed by atoms with E-state index in [1.807, 2.05) is 22.3 Å².